The van der Waals surface area contributed by atoms with Gasteiger partial charge in [-0.2, -0.15) is 0 Å². The Kier molecular flexibility index (Phi) is 8.73. The Morgan fingerprint density at radius 1 is 1.15 bits per heavy atom. The molecule has 0 spiro atoms. The van der Waals surface area contributed by atoms with Gasteiger partial charge in [0.1, 0.15) is 6.33 Å². The molecule has 3 aromatic rings. The van der Waals surface area contributed by atoms with E-state index in [4.69, 9.17) is 4.74 Å². The second-order valence-electron chi connectivity index (χ2n) is 7.91. The Balaban J connectivity index is 1.66. The molecule has 0 saturated heterocycles. The van der Waals surface area contributed by atoms with E-state index in [1.54, 1.807) is 35.3 Å². The van der Waals surface area contributed by atoms with E-state index >= 15 is 0 Å². The zero-order valence-corrected chi connectivity index (χ0v) is 20.0. The Morgan fingerprint density at radius 3 is 2.59 bits per heavy atom. The minimum atomic E-state index is -0.219. The number of hydrogen-bond acceptors (Lipinski definition) is 6. The molecule has 0 unspecified atom stereocenters. The molecule has 176 valence electrons. The number of aromatic nitrogens is 3. The molecule has 0 aliphatic heterocycles. The minimum absolute atomic E-state index is 0.0493. The van der Waals surface area contributed by atoms with Gasteiger partial charge in [0, 0.05) is 6.42 Å². The van der Waals surface area contributed by atoms with Crippen molar-refractivity contribution in [1.82, 2.24) is 14.8 Å². The van der Waals surface area contributed by atoms with Gasteiger partial charge in [0.05, 0.1) is 0 Å². The first kappa shape index (κ1) is 24.9. The van der Waals surface area contributed by atoms with Crippen LogP contribution in [-0.4, -0.2) is 53.7 Å². The van der Waals surface area contributed by atoms with Crippen molar-refractivity contribution in [2.24, 2.45) is 0 Å². The molecule has 0 fully saturated rings. The van der Waals surface area contributed by atoms with Crippen LogP contribution in [0.2, 0.25) is 0 Å². The van der Waals surface area contributed by atoms with E-state index in [1.807, 2.05) is 50.1 Å². The zero-order chi connectivity index (χ0) is 24.5. The molecule has 34 heavy (non-hydrogen) atoms. The number of nitrogens with zero attached hydrogens (tertiary/aromatic N) is 4. The van der Waals surface area contributed by atoms with Crippen molar-refractivity contribution < 1.29 is 14.3 Å². The molecule has 0 bridgehead atoms. The Morgan fingerprint density at radius 2 is 1.91 bits per heavy atom. The summed E-state index contributed by atoms with van der Waals surface area (Å²) in [6.45, 7) is 5.07. The van der Waals surface area contributed by atoms with Gasteiger partial charge in [0.15, 0.2) is 0 Å². The van der Waals surface area contributed by atoms with Crippen molar-refractivity contribution in [3.8, 4) is 5.75 Å². The second-order valence-corrected chi connectivity index (χ2v) is 7.91. The summed E-state index contributed by atoms with van der Waals surface area (Å²) in [5, 5.41) is 7.18. The van der Waals surface area contributed by atoms with E-state index in [0.29, 0.717) is 36.6 Å². The third-order valence-electron chi connectivity index (χ3n) is 5.16. The van der Waals surface area contributed by atoms with Gasteiger partial charge in [-0.15, -0.1) is 5.10 Å². The molecule has 9 heteroatoms. The van der Waals surface area contributed by atoms with Crippen molar-refractivity contribution in [2.75, 3.05) is 23.9 Å². The van der Waals surface area contributed by atoms with Crippen LogP contribution in [0, 0.1) is 0 Å². The molecule has 1 heterocycles. The number of nitrogens with one attached hydrogen (secondary N) is 1. The van der Waals surface area contributed by atoms with E-state index < -0.39 is 0 Å². The number of ether oxygens (including phenoxy) is 1. The third-order valence-corrected chi connectivity index (χ3v) is 5.16. The van der Waals surface area contributed by atoms with Gasteiger partial charge in [-0.1, -0.05) is 6.92 Å². The number of carbonyl (C=O) groups is 2. The van der Waals surface area contributed by atoms with E-state index in [0.717, 1.165) is 24.1 Å². The maximum atomic E-state index is 12.8. The topological polar surface area (TPSA) is 89.4 Å². The van der Waals surface area contributed by atoms with Gasteiger partial charge in [-0.3, -0.25) is 4.79 Å². The number of rotatable bonds is 12. The van der Waals surface area contributed by atoms with E-state index in [1.165, 1.54) is 0 Å². The fraction of sp³-hybridized carbons (Fsp3) is 0.320. The average Bonchev–Trinajstić information content (AvgIpc) is 3.32. The molecule has 2 aromatic carbocycles. The number of amides is 1. The molecular formula is C25H30BN5O3. The summed E-state index contributed by atoms with van der Waals surface area (Å²) < 4.78 is 7.43. The first-order chi connectivity index (χ1) is 16.4. The first-order valence-electron chi connectivity index (χ1n) is 11.4. The summed E-state index contributed by atoms with van der Waals surface area (Å²) in [5.74, 6) is 0.687. The average molecular weight is 459 g/mol. The van der Waals surface area contributed by atoms with Crippen LogP contribution >= 0.6 is 0 Å². The number of Topliss-reactive ketones (excluding diaryl/α,β-unsaturated/α-hetero) is 1. The Bertz CT molecular complexity index is 1140. The van der Waals surface area contributed by atoms with Crippen LogP contribution in [0.15, 0.2) is 48.8 Å². The van der Waals surface area contributed by atoms with Crippen LogP contribution in [-0.2, 0) is 6.54 Å². The van der Waals surface area contributed by atoms with Crippen molar-refractivity contribution in [1.29, 1.82) is 0 Å². The predicted molar refractivity (Wildman–Crippen MR) is 137 cm³/mol. The van der Waals surface area contributed by atoms with Gasteiger partial charge in [0.25, 0.3) is 0 Å². The summed E-state index contributed by atoms with van der Waals surface area (Å²) in [4.78, 5) is 30.7. The van der Waals surface area contributed by atoms with Gasteiger partial charge in [-0.25, -0.2) is 9.67 Å². The number of carbonyl (C=O) groups excluding carboxylic acids is 2. The van der Waals surface area contributed by atoms with E-state index in [9.17, 15) is 9.59 Å². The molecule has 0 aliphatic rings. The fourth-order valence-electron chi connectivity index (χ4n) is 3.29. The molecule has 1 amide bonds. The van der Waals surface area contributed by atoms with Crippen molar-refractivity contribution in [2.45, 2.75) is 39.7 Å². The molecule has 0 radical (unpaired) electrons. The molecule has 0 saturated carbocycles. The maximum absolute atomic E-state index is 12.8. The van der Waals surface area contributed by atoms with Crippen LogP contribution in [0.3, 0.4) is 0 Å². The van der Waals surface area contributed by atoms with Gasteiger partial charge in [0.2, 0.25) is 11.6 Å². The second kappa shape index (κ2) is 11.9. The van der Waals surface area contributed by atoms with E-state index in [2.05, 4.69) is 22.9 Å². The quantitative estimate of drug-likeness (QED) is 0.330. The summed E-state index contributed by atoms with van der Waals surface area (Å²) in [6, 6.07) is 12.8. The van der Waals surface area contributed by atoms with Crippen molar-refractivity contribution in [3.63, 3.8) is 0 Å². The molecule has 1 N–H and O–H groups in total. The summed E-state index contributed by atoms with van der Waals surface area (Å²) in [5.41, 5.74) is 2.94. The van der Waals surface area contributed by atoms with Crippen LogP contribution in [0.5, 0.6) is 5.75 Å². The standard InChI is InChI=1S/C25H30BN5O3/c1-4-6-22(32)24-27-17-31(29-24)15-18-7-10-20(11-8-18)28-25(33)19-9-12-23(34-13-5-2)21(14-19)30(3)16-26/h7-12,14,16-17,26H,4-6,13,15H2,1-3H3,(H,28,33). The molecule has 0 atom stereocenters. The fourth-order valence-corrected chi connectivity index (χ4v) is 3.29. The first-order valence-corrected chi connectivity index (χ1v) is 11.4. The Hall–Kier alpha value is -3.75. The number of ketones is 1. The monoisotopic (exact) mass is 459 g/mol. The summed E-state index contributed by atoms with van der Waals surface area (Å²) in [6.07, 6.45) is 5.34. The van der Waals surface area contributed by atoms with E-state index in [-0.39, 0.29) is 17.5 Å². The molecule has 3 rings (SSSR count). The predicted octanol–water partition coefficient (Wildman–Crippen LogP) is 3.45. The van der Waals surface area contributed by atoms with Crippen molar-refractivity contribution >= 4 is 36.6 Å². The molecule has 1 aromatic heterocycles. The van der Waals surface area contributed by atoms with Crippen LogP contribution < -0.4 is 15.0 Å². The number of hydrogen-bond donors (Lipinski definition) is 1. The normalized spacial score (nSPS) is 10.5. The summed E-state index contributed by atoms with van der Waals surface area (Å²) >= 11 is 0. The molecule has 8 nitrogen and oxygen atoms in total. The van der Waals surface area contributed by atoms with Gasteiger partial charge >= 0.3 is 143 Å². The Labute approximate surface area is 201 Å². The number of anilines is 2. The SMILES string of the molecule is B=CN(C)c1cc(C(=O)Nc2ccc(Cn3cnc(C(=O)CCC)n3)cc2)ccc1OCCC. The van der Waals surface area contributed by atoms with Crippen LogP contribution in [0.25, 0.3) is 0 Å². The number of benzene rings is 2. The van der Waals surface area contributed by atoms with Crippen LogP contribution in [0.4, 0.5) is 11.4 Å². The third kappa shape index (κ3) is 6.40. The summed E-state index contributed by atoms with van der Waals surface area (Å²) in [7, 11) is 5.66. The molecular weight excluding hydrogens is 429 g/mol. The molecule has 0 aliphatic carbocycles. The van der Waals surface area contributed by atoms with Crippen molar-refractivity contribution in [3.05, 3.63) is 65.7 Å². The zero-order valence-electron chi connectivity index (χ0n) is 20.0. The van der Waals surface area contributed by atoms with Gasteiger partial charge in [-0.05, 0) is 6.42 Å². The van der Waals surface area contributed by atoms with Gasteiger partial charge < -0.3 is 0 Å². The van der Waals surface area contributed by atoms with Crippen LogP contribution in [0.1, 0.15) is 59.7 Å².